The Balaban J connectivity index is -0.0000000326. The average Bonchev–Trinajstić information content (AvgIpc) is 1.71. The fraction of sp³-hybridized carbons (Fsp3) is 1.00. The molecule has 0 amide bonds. The van der Waals surface area contributed by atoms with Gasteiger partial charge in [0.05, 0.1) is 0 Å². The molecule has 0 spiro atoms. The van der Waals surface area contributed by atoms with Crippen molar-refractivity contribution in [3.8, 4) is 0 Å². The molecule has 0 aliphatic rings. The van der Waals surface area contributed by atoms with Crippen LogP contribution in [0.5, 0.6) is 0 Å². The number of unbranched alkanes of at least 4 members (excludes halogenated alkanes) is 2. The van der Waals surface area contributed by atoms with E-state index >= 15 is 0 Å². The van der Waals surface area contributed by atoms with E-state index in [0.29, 0.717) is 0 Å². The van der Waals surface area contributed by atoms with Crippen molar-refractivity contribution in [3.05, 3.63) is 0 Å². The summed E-state index contributed by atoms with van der Waals surface area (Å²) in [5, 5.41) is 1.17. The van der Waals surface area contributed by atoms with E-state index in [1.807, 2.05) is 0 Å². The summed E-state index contributed by atoms with van der Waals surface area (Å²) >= 11 is 2.58. The first-order valence-corrected chi connectivity index (χ1v) is 4.35. The Bertz CT molecular complexity index is 25.6. The molecule has 0 nitrogen and oxygen atoms in total. The quantitative estimate of drug-likeness (QED) is 0.411. The third kappa shape index (κ3) is 61.9. The minimum atomic E-state index is 0. The molecule has 0 N–H and O–H groups in total. The van der Waals surface area contributed by atoms with Gasteiger partial charge in [-0.3, -0.25) is 0 Å². The van der Waals surface area contributed by atoms with Gasteiger partial charge in [-0.25, -0.2) is 0 Å². The van der Waals surface area contributed by atoms with Crippen LogP contribution in [0, 0.1) is 0 Å². The Morgan fingerprint density at radius 2 is 1.10 bits per heavy atom. The molecule has 0 aromatic carbocycles. The van der Waals surface area contributed by atoms with Crippen LogP contribution in [-0.2, 0) is 0 Å². The maximum Gasteiger partial charge on any atom is -1.00 e. The van der Waals surface area contributed by atoms with Crippen LogP contribution in [0.25, 0.3) is 0 Å². The average molecular weight is 199 g/mol. The summed E-state index contributed by atoms with van der Waals surface area (Å²) in [6.45, 7) is 6.51. The van der Waals surface area contributed by atoms with E-state index in [9.17, 15) is 0 Å². The second kappa shape index (κ2) is 32.1. The molecule has 0 unspecified atom stereocenters. The molecule has 62 valence electrons. The van der Waals surface area contributed by atoms with E-state index in [2.05, 4.69) is 37.1 Å². The topological polar surface area (TPSA) is 0 Å². The van der Waals surface area contributed by atoms with E-state index in [1.165, 1.54) is 24.5 Å². The molecule has 0 heterocycles. The van der Waals surface area contributed by atoms with Crippen molar-refractivity contribution in [2.45, 2.75) is 45.3 Å². The first-order valence-electron chi connectivity index (χ1n) is 3.53. The first-order chi connectivity index (χ1) is 3.83. The van der Waals surface area contributed by atoms with Crippen LogP contribution in [0.1, 0.15) is 40.0 Å². The van der Waals surface area contributed by atoms with Gasteiger partial charge in [0.25, 0.3) is 0 Å². The Labute approximate surface area is 86.4 Å². The molecule has 0 saturated carbocycles. The molecule has 3 heteroatoms. The molecule has 10 heavy (non-hydrogen) atoms. The molecule has 0 radical (unpaired) electrons. The molecule has 0 aliphatic carbocycles. The van der Waals surface area contributed by atoms with Gasteiger partial charge in [0, 0.05) is 0 Å². The summed E-state index contributed by atoms with van der Waals surface area (Å²) < 4.78 is 0. The van der Waals surface area contributed by atoms with E-state index in [4.69, 9.17) is 0 Å². The number of halogens is 2. The smallest absolute Gasteiger partial charge is 1.00 e. The van der Waals surface area contributed by atoms with Crippen molar-refractivity contribution in [3.63, 3.8) is 0 Å². The van der Waals surface area contributed by atoms with Crippen LogP contribution in [0.4, 0.5) is 0 Å². The van der Waals surface area contributed by atoms with E-state index < -0.39 is 0 Å². The Kier molecular flexibility index (Phi) is 72.2. The van der Waals surface area contributed by atoms with Crippen LogP contribution >= 0.6 is 0 Å². The van der Waals surface area contributed by atoms with Crippen molar-refractivity contribution in [1.29, 1.82) is 0 Å². The van der Waals surface area contributed by atoms with Gasteiger partial charge >= 0.3 is 28.5 Å². The van der Waals surface area contributed by atoms with Gasteiger partial charge in [-0.05, 0) is 0 Å². The van der Waals surface area contributed by atoms with Crippen molar-refractivity contribution < 1.29 is 24.8 Å². The van der Waals surface area contributed by atoms with Gasteiger partial charge < -0.3 is 24.8 Å². The van der Waals surface area contributed by atoms with Gasteiger partial charge in [0.15, 0.2) is 0 Å². The van der Waals surface area contributed by atoms with Crippen LogP contribution in [0.3, 0.4) is 0 Å². The molecular weight excluding hydrogens is 182 g/mol. The molecular formula is C7H17AlCl2. The van der Waals surface area contributed by atoms with Crippen molar-refractivity contribution in [2.75, 3.05) is 0 Å². The largest absolute Gasteiger partial charge is 1.00 e. The van der Waals surface area contributed by atoms with Crippen LogP contribution in [0.15, 0.2) is 0 Å². The van der Waals surface area contributed by atoms with Crippen LogP contribution in [0.2, 0.25) is 5.28 Å². The summed E-state index contributed by atoms with van der Waals surface area (Å²) in [5.41, 5.74) is 0. The zero-order chi connectivity index (χ0) is 6.83. The molecule has 0 atom stereocenters. The SMILES string of the molecule is CCCCC.C[CH2][Al+2].[Cl-].[Cl-]. The fourth-order valence-electron chi connectivity index (χ4n) is 0.354. The standard InChI is InChI=1S/C5H12.C2H5.Al.2ClH/c1-3-5-4-2;1-2;;;/h3-5H2,1-2H3;1H2,2H3;;2*1H/q;;+2;;/p-2. The Hall–Kier alpha value is 1.11. The van der Waals surface area contributed by atoms with Gasteiger partial charge in [-0.2, -0.15) is 0 Å². The minimum absolute atomic E-state index is 0. The van der Waals surface area contributed by atoms with Crippen molar-refractivity contribution in [1.82, 2.24) is 0 Å². The van der Waals surface area contributed by atoms with Crippen molar-refractivity contribution in [2.24, 2.45) is 0 Å². The summed E-state index contributed by atoms with van der Waals surface area (Å²) in [6.07, 6.45) is 4.08. The monoisotopic (exact) mass is 198 g/mol. The maximum atomic E-state index is 2.58. The zero-order valence-corrected chi connectivity index (χ0v) is 9.83. The predicted octanol–water partition coefficient (Wildman–Crippen LogP) is -3.20. The van der Waals surface area contributed by atoms with E-state index in [-0.39, 0.29) is 24.8 Å². The molecule has 0 saturated heterocycles. The normalized spacial score (nSPS) is 6.10. The third-order valence-electron chi connectivity index (χ3n) is 0.707. The molecule has 0 aliphatic heterocycles. The van der Waals surface area contributed by atoms with Gasteiger partial charge in [-0.15, -0.1) is 0 Å². The summed E-state index contributed by atoms with van der Waals surface area (Å²) in [4.78, 5) is 0. The second-order valence-corrected chi connectivity index (χ2v) is 2.58. The zero-order valence-electron chi connectivity index (χ0n) is 7.16. The summed E-state index contributed by atoms with van der Waals surface area (Å²) in [5.74, 6) is 0. The molecule has 0 fully saturated rings. The molecule has 0 aromatic rings. The van der Waals surface area contributed by atoms with E-state index in [1.54, 1.807) is 0 Å². The second-order valence-electron chi connectivity index (χ2n) is 1.76. The van der Waals surface area contributed by atoms with E-state index in [0.717, 1.165) is 0 Å². The first kappa shape index (κ1) is 22.5. The van der Waals surface area contributed by atoms with Gasteiger partial charge in [0.1, 0.15) is 0 Å². The summed E-state index contributed by atoms with van der Waals surface area (Å²) in [7, 11) is 0. The fourth-order valence-corrected chi connectivity index (χ4v) is 0.354. The number of hydrogen-bond donors (Lipinski definition) is 0. The summed E-state index contributed by atoms with van der Waals surface area (Å²) in [6, 6.07) is 0. The van der Waals surface area contributed by atoms with Gasteiger partial charge in [0.2, 0.25) is 0 Å². The molecule has 0 aromatic heterocycles. The molecule has 0 bridgehead atoms. The maximum absolute atomic E-state index is 2.58. The number of hydrogen-bond acceptors (Lipinski definition) is 0. The van der Waals surface area contributed by atoms with Crippen LogP contribution in [-0.4, -0.2) is 16.3 Å². The third-order valence-corrected chi connectivity index (χ3v) is 0.707. The predicted molar refractivity (Wildman–Crippen MR) is 41.4 cm³/mol. The Morgan fingerprint density at radius 3 is 1.10 bits per heavy atom. The minimum Gasteiger partial charge on any atom is -1.00 e. The van der Waals surface area contributed by atoms with Gasteiger partial charge in [-0.1, -0.05) is 33.1 Å². The Morgan fingerprint density at radius 1 is 0.900 bits per heavy atom. The van der Waals surface area contributed by atoms with Crippen molar-refractivity contribution >= 4 is 16.3 Å². The number of rotatable bonds is 2. The van der Waals surface area contributed by atoms with Crippen LogP contribution < -0.4 is 24.8 Å². The molecule has 0 rings (SSSR count).